The quantitative estimate of drug-likeness (QED) is 0.304. The molecule has 13 nitrogen and oxygen atoms in total. The second-order valence-corrected chi connectivity index (χ2v) is 9.66. The van der Waals surface area contributed by atoms with Crippen molar-refractivity contribution in [3.8, 4) is 0 Å². The number of amides is 4. The number of nitrogens with zero attached hydrogens (tertiary/aromatic N) is 2. The van der Waals surface area contributed by atoms with E-state index in [1.165, 1.54) is 0 Å². The number of rotatable bonds is 8. The second kappa shape index (κ2) is 7.76. The average Bonchev–Trinajstić information content (AvgIpc) is 3.04. The van der Waals surface area contributed by atoms with Gasteiger partial charge in [-0.15, -0.1) is 5.06 Å². The highest BCUT2D eigenvalue weighted by Gasteiger charge is 2.48. The largest absolute Gasteiger partial charge is 0.334 e. The molecule has 15 heteroatoms. The SMILES string of the molecule is O=C(CCS(=O)(=O)CCN1C(=O)C=CC1=O)ON1C(=O)CC(S(=O)(=O)O)C1=O. The van der Waals surface area contributed by atoms with E-state index in [9.17, 15) is 40.8 Å². The number of hydrogen-bond donors (Lipinski definition) is 1. The molecule has 2 aliphatic rings. The van der Waals surface area contributed by atoms with E-state index in [4.69, 9.17) is 4.55 Å². The minimum Gasteiger partial charge on any atom is -0.330 e. The van der Waals surface area contributed by atoms with Gasteiger partial charge in [-0.1, -0.05) is 0 Å². The van der Waals surface area contributed by atoms with Crippen LogP contribution in [-0.4, -0.2) is 84.2 Å². The van der Waals surface area contributed by atoms with Crippen molar-refractivity contribution < 1.29 is 50.2 Å². The Hall–Kier alpha value is -2.65. The van der Waals surface area contributed by atoms with E-state index in [1.54, 1.807) is 0 Å². The Kier molecular flexibility index (Phi) is 6.00. The van der Waals surface area contributed by atoms with Crippen LogP contribution in [0.2, 0.25) is 0 Å². The van der Waals surface area contributed by atoms with Gasteiger partial charge < -0.3 is 4.84 Å². The van der Waals surface area contributed by atoms with E-state index in [1.807, 2.05) is 0 Å². The Labute approximate surface area is 158 Å². The van der Waals surface area contributed by atoms with E-state index in [0.717, 1.165) is 12.2 Å². The fourth-order valence-corrected chi connectivity index (χ4v) is 4.13. The summed E-state index contributed by atoms with van der Waals surface area (Å²) in [6.07, 6.45) is 0.262. The van der Waals surface area contributed by atoms with E-state index < -0.39 is 85.7 Å². The molecule has 0 bridgehead atoms. The summed E-state index contributed by atoms with van der Waals surface area (Å²) in [6.45, 7) is -0.415. The van der Waals surface area contributed by atoms with E-state index in [-0.39, 0.29) is 5.06 Å². The van der Waals surface area contributed by atoms with Crippen LogP contribution in [0.1, 0.15) is 12.8 Å². The number of carbonyl (C=O) groups is 5. The normalized spacial score (nSPS) is 20.4. The van der Waals surface area contributed by atoms with Gasteiger partial charge in [0.25, 0.3) is 33.7 Å². The lowest BCUT2D eigenvalue weighted by atomic mass is 10.4. The number of carbonyl (C=O) groups excluding carboxylic acids is 5. The first-order chi connectivity index (χ1) is 12.8. The van der Waals surface area contributed by atoms with Gasteiger partial charge in [0.15, 0.2) is 15.1 Å². The predicted molar refractivity (Wildman–Crippen MR) is 87.0 cm³/mol. The lowest BCUT2D eigenvalue weighted by Crippen LogP contribution is -2.37. The van der Waals surface area contributed by atoms with Crippen molar-refractivity contribution in [1.29, 1.82) is 0 Å². The molecular weight excluding hydrogens is 424 g/mol. The van der Waals surface area contributed by atoms with Gasteiger partial charge in [-0.05, 0) is 0 Å². The maximum atomic E-state index is 11.9. The molecule has 0 aromatic rings. The summed E-state index contributed by atoms with van der Waals surface area (Å²) in [6, 6.07) is 0. The zero-order chi connectivity index (χ0) is 21.3. The van der Waals surface area contributed by atoms with Crippen LogP contribution in [0.3, 0.4) is 0 Å². The summed E-state index contributed by atoms with van der Waals surface area (Å²) >= 11 is 0. The summed E-state index contributed by atoms with van der Waals surface area (Å²) in [5, 5.41) is -2.23. The third-order valence-corrected chi connectivity index (χ3v) is 6.48. The maximum Gasteiger partial charge on any atom is 0.334 e. The van der Waals surface area contributed by atoms with Gasteiger partial charge in [-0.2, -0.15) is 8.42 Å². The first-order valence-electron chi connectivity index (χ1n) is 7.59. The van der Waals surface area contributed by atoms with Crippen LogP contribution in [0.4, 0.5) is 0 Å². The fourth-order valence-electron chi connectivity index (χ4n) is 2.28. The minimum atomic E-state index is -4.88. The third kappa shape index (κ3) is 4.99. The molecule has 154 valence electrons. The zero-order valence-corrected chi connectivity index (χ0v) is 15.6. The first kappa shape index (κ1) is 21.6. The van der Waals surface area contributed by atoms with Crippen molar-refractivity contribution >= 4 is 49.6 Å². The number of imide groups is 2. The monoisotopic (exact) mass is 438 g/mol. The van der Waals surface area contributed by atoms with Gasteiger partial charge in [0.05, 0.1) is 24.3 Å². The summed E-state index contributed by atoms with van der Waals surface area (Å²) in [4.78, 5) is 62.7. The third-order valence-electron chi connectivity index (χ3n) is 3.76. The molecule has 0 saturated carbocycles. The number of hydroxylamine groups is 2. The molecule has 2 aliphatic heterocycles. The predicted octanol–water partition coefficient (Wildman–Crippen LogP) is -2.81. The van der Waals surface area contributed by atoms with Crippen molar-refractivity contribution in [2.45, 2.75) is 18.1 Å². The highest BCUT2D eigenvalue weighted by atomic mass is 32.2. The van der Waals surface area contributed by atoms with Crippen molar-refractivity contribution in [2.24, 2.45) is 0 Å². The zero-order valence-electron chi connectivity index (χ0n) is 14.0. The van der Waals surface area contributed by atoms with Gasteiger partial charge in [0.1, 0.15) is 0 Å². The van der Waals surface area contributed by atoms with Crippen molar-refractivity contribution in [3.63, 3.8) is 0 Å². The van der Waals surface area contributed by atoms with E-state index in [2.05, 4.69) is 4.84 Å². The summed E-state index contributed by atoms with van der Waals surface area (Å²) in [5.41, 5.74) is 0. The lowest BCUT2D eigenvalue weighted by Gasteiger charge is -2.14. The van der Waals surface area contributed by atoms with Crippen LogP contribution in [-0.2, 0) is 48.8 Å². The average molecular weight is 438 g/mol. The molecule has 2 rings (SSSR count). The standard InChI is InChI=1S/C13H14N2O11S2/c16-9-1-2-10(17)14(9)4-6-27(21,22)5-3-12(19)26-15-11(18)7-8(13(15)20)28(23,24)25/h1-2,8H,3-7H2,(H,23,24,25). The molecule has 0 spiro atoms. The van der Waals surface area contributed by atoms with Gasteiger partial charge in [-0.3, -0.25) is 28.6 Å². The number of sulfone groups is 1. The van der Waals surface area contributed by atoms with Crippen LogP contribution in [0.15, 0.2) is 12.2 Å². The molecule has 4 amide bonds. The minimum absolute atomic E-state index is 0.138. The van der Waals surface area contributed by atoms with Crippen LogP contribution in [0, 0.1) is 0 Å². The van der Waals surface area contributed by atoms with Crippen molar-refractivity contribution in [1.82, 2.24) is 9.96 Å². The Morgan fingerprint density at radius 2 is 1.64 bits per heavy atom. The van der Waals surface area contributed by atoms with Crippen molar-refractivity contribution in [2.75, 3.05) is 18.1 Å². The highest BCUT2D eigenvalue weighted by molar-refractivity contribution is 7.91. The smallest absolute Gasteiger partial charge is 0.330 e. The first-order valence-corrected chi connectivity index (χ1v) is 10.9. The Balaban J connectivity index is 1.86. The van der Waals surface area contributed by atoms with Crippen LogP contribution >= 0.6 is 0 Å². The topological polar surface area (TPSA) is 190 Å². The molecule has 1 atom stereocenters. The lowest BCUT2D eigenvalue weighted by molar-refractivity contribution is -0.197. The van der Waals surface area contributed by atoms with Crippen LogP contribution in [0.5, 0.6) is 0 Å². The molecule has 1 unspecified atom stereocenters. The van der Waals surface area contributed by atoms with Gasteiger partial charge >= 0.3 is 5.97 Å². The number of hydrogen-bond acceptors (Lipinski definition) is 10. The van der Waals surface area contributed by atoms with Gasteiger partial charge in [0, 0.05) is 18.7 Å². The summed E-state index contributed by atoms with van der Waals surface area (Å²) in [7, 11) is -8.78. The molecule has 1 N–H and O–H groups in total. The maximum absolute atomic E-state index is 11.9. The van der Waals surface area contributed by atoms with Crippen LogP contribution < -0.4 is 0 Å². The fraction of sp³-hybridized carbons (Fsp3) is 0.462. The Bertz CT molecular complexity index is 962. The molecule has 1 saturated heterocycles. The molecule has 28 heavy (non-hydrogen) atoms. The van der Waals surface area contributed by atoms with E-state index >= 15 is 0 Å². The summed E-state index contributed by atoms with van der Waals surface area (Å²) < 4.78 is 54.7. The van der Waals surface area contributed by atoms with Crippen molar-refractivity contribution in [3.05, 3.63) is 12.2 Å². The summed E-state index contributed by atoms with van der Waals surface area (Å²) in [5.74, 6) is -6.70. The molecule has 0 aromatic heterocycles. The molecule has 0 aromatic carbocycles. The Morgan fingerprint density at radius 1 is 1.07 bits per heavy atom. The van der Waals surface area contributed by atoms with Crippen LogP contribution in [0.25, 0.3) is 0 Å². The van der Waals surface area contributed by atoms with Gasteiger partial charge in [-0.25, -0.2) is 13.2 Å². The Morgan fingerprint density at radius 3 is 2.14 bits per heavy atom. The second-order valence-electron chi connectivity index (χ2n) is 5.76. The molecule has 1 fully saturated rings. The highest BCUT2D eigenvalue weighted by Crippen LogP contribution is 2.20. The van der Waals surface area contributed by atoms with Gasteiger partial charge in [0.2, 0.25) is 0 Å². The molecule has 2 heterocycles. The molecular formula is C13H14N2O11S2. The molecule has 0 radical (unpaired) electrons. The molecule has 0 aliphatic carbocycles. The van der Waals surface area contributed by atoms with E-state index in [0.29, 0.717) is 4.90 Å².